The zero-order valence-corrected chi connectivity index (χ0v) is 11.3. The van der Waals surface area contributed by atoms with Crippen LogP contribution in [0.5, 0.6) is 0 Å². The molecule has 0 heterocycles. The van der Waals surface area contributed by atoms with Gasteiger partial charge in [-0.2, -0.15) is 0 Å². The van der Waals surface area contributed by atoms with Gasteiger partial charge in [0.1, 0.15) is 11.7 Å². The van der Waals surface area contributed by atoms with Crippen LogP contribution in [0, 0.1) is 29.1 Å². The third-order valence-corrected chi connectivity index (χ3v) is 5.54. The summed E-state index contributed by atoms with van der Waals surface area (Å²) in [4.78, 5) is 24.0. The lowest BCUT2D eigenvalue weighted by Gasteiger charge is -2.58. The molecule has 4 rings (SSSR count). The van der Waals surface area contributed by atoms with E-state index < -0.39 is 5.92 Å². The molecule has 0 spiro atoms. The Labute approximate surface area is 108 Å². The molecule has 4 aliphatic carbocycles. The zero-order valence-electron chi connectivity index (χ0n) is 11.3. The lowest BCUT2D eigenvalue weighted by Crippen LogP contribution is -2.53. The Balaban J connectivity index is 1.93. The van der Waals surface area contributed by atoms with E-state index in [1.54, 1.807) is 6.92 Å². The quantitative estimate of drug-likeness (QED) is 0.571. The highest BCUT2D eigenvalue weighted by atomic mass is 16.5. The molecule has 100 valence electrons. The van der Waals surface area contributed by atoms with Crippen molar-refractivity contribution < 1.29 is 14.3 Å². The standard InChI is InChI=1S/C15H22O3/c1-9(16)13(14(17)18-2)15-6-10-3-11(7-15)5-12(4-10)8-15/h10-13H,3-8H2,1-2H3. The number of hydrogen-bond acceptors (Lipinski definition) is 3. The van der Waals surface area contributed by atoms with Crippen molar-refractivity contribution in [2.24, 2.45) is 29.1 Å². The molecule has 0 amide bonds. The summed E-state index contributed by atoms with van der Waals surface area (Å²) >= 11 is 0. The van der Waals surface area contributed by atoms with Crippen LogP contribution in [0.4, 0.5) is 0 Å². The summed E-state index contributed by atoms with van der Waals surface area (Å²) in [5.74, 6) is 1.46. The minimum Gasteiger partial charge on any atom is -0.468 e. The van der Waals surface area contributed by atoms with Crippen molar-refractivity contribution in [3.05, 3.63) is 0 Å². The second-order valence-corrected chi connectivity index (χ2v) is 6.85. The number of carbonyl (C=O) groups is 2. The van der Waals surface area contributed by atoms with Crippen LogP contribution in [0.25, 0.3) is 0 Å². The van der Waals surface area contributed by atoms with Crippen LogP contribution < -0.4 is 0 Å². The Hall–Kier alpha value is -0.860. The fraction of sp³-hybridized carbons (Fsp3) is 0.867. The maximum absolute atomic E-state index is 12.0. The molecule has 0 radical (unpaired) electrons. The zero-order chi connectivity index (χ0) is 12.9. The largest absolute Gasteiger partial charge is 0.468 e. The van der Waals surface area contributed by atoms with Gasteiger partial charge in [0.25, 0.3) is 0 Å². The first kappa shape index (κ1) is 12.2. The highest BCUT2D eigenvalue weighted by molar-refractivity contribution is 5.98. The smallest absolute Gasteiger partial charge is 0.316 e. The van der Waals surface area contributed by atoms with Gasteiger partial charge in [0.15, 0.2) is 0 Å². The van der Waals surface area contributed by atoms with Gasteiger partial charge in [-0.15, -0.1) is 0 Å². The van der Waals surface area contributed by atoms with Crippen LogP contribution in [0.2, 0.25) is 0 Å². The van der Waals surface area contributed by atoms with Gasteiger partial charge >= 0.3 is 5.97 Å². The number of rotatable bonds is 3. The molecular weight excluding hydrogens is 228 g/mol. The first-order valence-electron chi connectivity index (χ1n) is 7.12. The molecule has 0 N–H and O–H groups in total. The van der Waals surface area contributed by atoms with Gasteiger partial charge in [-0.25, -0.2) is 0 Å². The Morgan fingerprint density at radius 2 is 1.50 bits per heavy atom. The summed E-state index contributed by atoms with van der Waals surface area (Å²) in [6.07, 6.45) is 7.18. The fourth-order valence-corrected chi connectivity index (χ4v) is 5.50. The van der Waals surface area contributed by atoms with Crippen molar-refractivity contribution in [3.63, 3.8) is 0 Å². The number of methoxy groups -OCH3 is 1. The van der Waals surface area contributed by atoms with Crippen LogP contribution in [0.15, 0.2) is 0 Å². The van der Waals surface area contributed by atoms with E-state index >= 15 is 0 Å². The monoisotopic (exact) mass is 250 g/mol. The molecule has 0 aromatic carbocycles. The number of hydrogen-bond donors (Lipinski definition) is 0. The molecule has 3 nitrogen and oxygen atoms in total. The van der Waals surface area contributed by atoms with Crippen molar-refractivity contribution in [2.75, 3.05) is 7.11 Å². The fourth-order valence-electron chi connectivity index (χ4n) is 5.50. The highest BCUT2D eigenvalue weighted by Crippen LogP contribution is 2.63. The van der Waals surface area contributed by atoms with E-state index in [0.717, 1.165) is 37.0 Å². The van der Waals surface area contributed by atoms with Crippen molar-refractivity contribution >= 4 is 11.8 Å². The van der Waals surface area contributed by atoms with Gasteiger partial charge in [0, 0.05) is 0 Å². The first-order chi connectivity index (χ1) is 8.54. The lowest BCUT2D eigenvalue weighted by atomic mass is 9.46. The van der Waals surface area contributed by atoms with E-state index in [1.165, 1.54) is 26.4 Å². The third-order valence-electron chi connectivity index (χ3n) is 5.54. The SMILES string of the molecule is COC(=O)C(C(C)=O)C12CC3CC(CC(C3)C1)C2. The summed E-state index contributed by atoms with van der Waals surface area (Å²) in [5, 5.41) is 0. The number of ketones is 1. The summed E-state index contributed by atoms with van der Waals surface area (Å²) in [7, 11) is 1.40. The van der Waals surface area contributed by atoms with Gasteiger partial charge in [0.05, 0.1) is 7.11 Å². The van der Waals surface area contributed by atoms with E-state index in [-0.39, 0.29) is 17.2 Å². The van der Waals surface area contributed by atoms with Crippen molar-refractivity contribution in [1.29, 1.82) is 0 Å². The van der Waals surface area contributed by atoms with Crippen LogP contribution in [0.1, 0.15) is 45.4 Å². The number of esters is 1. The van der Waals surface area contributed by atoms with E-state index in [2.05, 4.69) is 0 Å². The first-order valence-corrected chi connectivity index (χ1v) is 7.12. The second-order valence-electron chi connectivity index (χ2n) is 6.85. The summed E-state index contributed by atoms with van der Waals surface area (Å²) in [6.45, 7) is 1.56. The second kappa shape index (κ2) is 4.07. The normalized spacial score (nSPS) is 42.7. The number of Topliss-reactive ketones (excluding diaryl/α,β-unsaturated/α-hetero) is 1. The van der Waals surface area contributed by atoms with Gasteiger partial charge in [0.2, 0.25) is 0 Å². The molecule has 0 saturated heterocycles. The number of ether oxygens (including phenoxy) is 1. The molecule has 0 aromatic rings. The van der Waals surface area contributed by atoms with E-state index in [9.17, 15) is 9.59 Å². The number of carbonyl (C=O) groups excluding carboxylic acids is 2. The molecule has 0 aliphatic heterocycles. The molecule has 18 heavy (non-hydrogen) atoms. The molecule has 4 aliphatic rings. The Bertz CT molecular complexity index is 350. The predicted octanol–water partition coefficient (Wildman–Crippen LogP) is 2.58. The molecule has 1 atom stereocenters. The van der Waals surface area contributed by atoms with Crippen molar-refractivity contribution in [1.82, 2.24) is 0 Å². The maximum atomic E-state index is 12.0. The molecule has 1 unspecified atom stereocenters. The van der Waals surface area contributed by atoms with Crippen molar-refractivity contribution in [2.45, 2.75) is 45.4 Å². The van der Waals surface area contributed by atoms with E-state index in [1.807, 2.05) is 0 Å². The molecule has 4 bridgehead atoms. The van der Waals surface area contributed by atoms with Crippen molar-refractivity contribution in [3.8, 4) is 0 Å². The predicted molar refractivity (Wildman–Crippen MR) is 66.8 cm³/mol. The van der Waals surface area contributed by atoms with Gasteiger partial charge in [-0.3, -0.25) is 9.59 Å². The highest BCUT2D eigenvalue weighted by Gasteiger charge is 2.57. The minimum atomic E-state index is -0.504. The molecule has 4 saturated carbocycles. The van der Waals surface area contributed by atoms with Crippen LogP contribution in [0.3, 0.4) is 0 Å². The Kier molecular flexibility index (Phi) is 2.76. The van der Waals surface area contributed by atoms with Gasteiger partial charge in [-0.05, 0) is 68.6 Å². The van der Waals surface area contributed by atoms with Crippen LogP contribution in [-0.4, -0.2) is 18.9 Å². The Morgan fingerprint density at radius 3 is 1.83 bits per heavy atom. The molecule has 0 aromatic heterocycles. The average Bonchev–Trinajstić information content (AvgIpc) is 2.25. The van der Waals surface area contributed by atoms with Gasteiger partial charge in [-0.1, -0.05) is 0 Å². The summed E-state index contributed by atoms with van der Waals surface area (Å²) < 4.78 is 4.90. The summed E-state index contributed by atoms with van der Waals surface area (Å²) in [6, 6.07) is 0. The van der Waals surface area contributed by atoms with Gasteiger partial charge < -0.3 is 4.74 Å². The topological polar surface area (TPSA) is 43.4 Å². The average molecular weight is 250 g/mol. The minimum absolute atomic E-state index is 0.00352. The van der Waals surface area contributed by atoms with E-state index in [0.29, 0.717) is 0 Å². The van der Waals surface area contributed by atoms with E-state index in [4.69, 9.17) is 4.74 Å². The van der Waals surface area contributed by atoms with Crippen LogP contribution >= 0.6 is 0 Å². The lowest BCUT2D eigenvalue weighted by molar-refractivity contribution is -0.165. The molecular formula is C15H22O3. The molecule has 3 heteroatoms. The summed E-state index contributed by atoms with van der Waals surface area (Å²) in [5.41, 5.74) is -0.0618. The van der Waals surface area contributed by atoms with Crippen LogP contribution in [-0.2, 0) is 14.3 Å². The molecule has 4 fully saturated rings. The third kappa shape index (κ3) is 1.70. The Morgan fingerprint density at radius 1 is 1.06 bits per heavy atom. The maximum Gasteiger partial charge on any atom is 0.316 e.